The van der Waals surface area contributed by atoms with Gasteiger partial charge >= 0.3 is 0 Å². The summed E-state index contributed by atoms with van der Waals surface area (Å²) in [6.07, 6.45) is 3.45. The quantitative estimate of drug-likeness (QED) is 0.180. The summed E-state index contributed by atoms with van der Waals surface area (Å²) in [4.78, 5) is 10.6. The second-order valence-electron chi connectivity index (χ2n) is 6.03. The number of benzene rings is 2. The largest absolute Gasteiger partial charge is 0.867 e. The molecule has 3 rings (SSSR count). The van der Waals surface area contributed by atoms with Gasteiger partial charge in [-0.3, -0.25) is 10.1 Å². The smallest absolute Gasteiger partial charge is 0.269 e. The third-order valence-corrected chi connectivity index (χ3v) is 4.43. The molecule has 0 bridgehead atoms. The topological polar surface area (TPSA) is 82.1 Å². The summed E-state index contributed by atoms with van der Waals surface area (Å²) in [5.74, 6) is -0.336. The van der Waals surface area contributed by atoms with Gasteiger partial charge < -0.3 is 10.4 Å². The van der Waals surface area contributed by atoms with Crippen molar-refractivity contribution in [1.82, 2.24) is 0 Å². The molecule has 1 aromatic heterocycles. The Morgan fingerprint density at radius 3 is 2.25 bits per heavy atom. The molecule has 140 valence electrons. The van der Waals surface area contributed by atoms with Gasteiger partial charge in [0.25, 0.3) is 5.69 Å². The first-order valence-electron chi connectivity index (χ1n) is 8.47. The maximum absolute atomic E-state index is 13.2. The zero-order valence-corrected chi connectivity index (χ0v) is 15.8. The fourth-order valence-corrected chi connectivity index (χ4v) is 2.96. The summed E-state index contributed by atoms with van der Waals surface area (Å²) < 4.78 is 1.64. The lowest BCUT2D eigenvalue weighted by Crippen LogP contribution is -2.39. The van der Waals surface area contributed by atoms with Crippen LogP contribution in [0.15, 0.2) is 79.1 Å². The molecule has 1 heterocycles. The number of non-ortho nitro benzene ring substituents is 1. The molecule has 0 aliphatic heterocycles. The van der Waals surface area contributed by atoms with Gasteiger partial charge in [0.05, 0.1) is 4.92 Å². The van der Waals surface area contributed by atoms with Crippen LogP contribution >= 0.6 is 12.2 Å². The van der Waals surface area contributed by atoms with E-state index in [0.29, 0.717) is 5.56 Å². The number of nitro groups is 1. The maximum Gasteiger partial charge on any atom is 0.269 e. The SMILES string of the molecule is Cc1ccccc1NC(=S)/C(=C(\[O-])c1ccc([N+](=O)[O-])cc1)[n+]1ccccc1. The molecule has 0 amide bonds. The molecule has 0 fully saturated rings. The molecule has 1 N–H and O–H groups in total. The third-order valence-electron chi connectivity index (χ3n) is 4.14. The van der Waals surface area contributed by atoms with Crippen LogP contribution in [0.4, 0.5) is 11.4 Å². The van der Waals surface area contributed by atoms with Crippen LogP contribution in [0.3, 0.4) is 0 Å². The van der Waals surface area contributed by atoms with Gasteiger partial charge in [-0.1, -0.05) is 36.5 Å². The minimum Gasteiger partial charge on any atom is -0.867 e. The van der Waals surface area contributed by atoms with Crippen molar-refractivity contribution in [2.75, 3.05) is 5.32 Å². The van der Waals surface area contributed by atoms with E-state index in [1.807, 2.05) is 37.3 Å². The molecule has 28 heavy (non-hydrogen) atoms. The number of thiocarbonyl (C=S) groups is 1. The molecule has 0 atom stereocenters. The predicted molar refractivity (Wildman–Crippen MR) is 110 cm³/mol. The van der Waals surface area contributed by atoms with Crippen LogP contribution in [0.2, 0.25) is 0 Å². The molecule has 7 heteroatoms. The monoisotopic (exact) mass is 391 g/mol. The summed E-state index contributed by atoms with van der Waals surface area (Å²) in [5, 5.41) is 27.2. The van der Waals surface area contributed by atoms with Gasteiger partial charge in [0, 0.05) is 30.0 Å². The molecule has 0 saturated heterocycles. The Bertz CT molecular complexity index is 1050. The van der Waals surface area contributed by atoms with E-state index in [1.54, 1.807) is 29.1 Å². The molecular weight excluding hydrogens is 374 g/mol. The van der Waals surface area contributed by atoms with Crippen molar-refractivity contribution in [1.29, 1.82) is 0 Å². The summed E-state index contributed by atoms with van der Waals surface area (Å²) in [6.45, 7) is 1.94. The molecule has 3 aromatic rings. The molecular formula is C21H17N3O3S. The number of aromatic nitrogens is 1. The molecule has 0 radical (unpaired) electrons. The van der Waals surface area contributed by atoms with Crippen molar-refractivity contribution < 1.29 is 14.6 Å². The highest BCUT2D eigenvalue weighted by atomic mass is 32.1. The number of aryl methyl sites for hydroxylation is 1. The summed E-state index contributed by atoms with van der Waals surface area (Å²) >= 11 is 5.54. The van der Waals surface area contributed by atoms with Gasteiger partial charge in [-0.2, -0.15) is 4.57 Å². The van der Waals surface area contributed by atoms with Gasteiger partial charge in [0.2, 0.25) is 5.70 Å². The van der Waals surface area contributed by atoms with E-state index >= 15 is 0 Å². The van der Waals surface area contributed by atoms with Crippen LogP contribution in [0, 0.1) is 17.0 Å². The van der Waals surface area contributed by atoms with Gasteiger partial charge in [0.1, 0.15) is 0 Å². The van der Waals surface area contributed by atoms with Crippen molar-refractivity contribution in [3.63, 3.8) is 0 Å². The van der Waals surface area contributed by atoms with Gasteiger partial charge in [-0.15, -0.1) is 0 Å². The van der Waals surface area contributed by atoms with E-state index in [-0.39, 0.29) is 22.1 Å². The Morgan fingerprint density at radius 2 is 1.64 bits per heavy atom. The highest BCUT2D eigenvalue weighted by molar-refractivity contribution is 7.81. The number of para-hydroxylation sites is 1. The van der Waals surface area contributed by atoms with E-state index in [4.69, 9.17) is 12.2 Å². The lowest BCUT2D eigenvalue weighted by atomic mass is 10.1. The lowest BCUT2D eigenvalue weighted by molar-refractivity contribution is -0.577. The van der Waals surface area contributed by atoms with Crippen LogP contribution in [0.25, 0.3) is 11.5 Å². The molecule has 2 aromatic carbocycles. The standard InChI is InChI=1S/C21H17N3O3S/c1-15-7-3-4-8-18(15)22-21(28)19(23-13-5-2-6-14-23)20(25)16-9-11-17(12-10-16)24(26)27/h2-14H,1H3,(H-,22,25,28). The van der Waals surface area contributed by atoms with Crippen molar-refractivity contribution in [2.24, 2.45) is 0 Å². The molecule has 0 aliphatic carbocycles. The number of nitrogens with zero attached hydrogens (tertiary/aromatic N) is 2. The van der Waals surface area contributed by atoms with Crippen molar-refractivity contribution in [3.8, 4) is 0 Å². The van der Waals surface area contributed by atoms with E-state index in [1.165, 1.54) is 24.3 Å². The first-order valence-corrected chi connectivity index (χ1v) is 8.88. The van der Waals surface area contributed by atoms with E-state index in [2.05, 4.69) is 5.32 Å². The normalized spacial score (nSPS) is 11.5. The second kappa shape index (κ2) is 8.41. The molecule has 0 spiro atoms. The van der Waals surface area contributed by atoms with Crippen LogP contribution in [-0.2, 0) is 0 Å². The first-order chi connectivity index (χ1) is 13.5. The van der Waals surface area contributed by atoms with Crippen LogP contribution < -0.4 is 15.0 Å². The predicted octanol–water partition coefficient (Wildman–Crippen LogP) is 3.32. The number of hydrogen-bond acceptors (Lipinski definition) is 4. The minimum atomic E-state index is -0.505. The Kier molecular flexibility index (Phi) is 5.76. The number of hydrogen-bond donors (Lipinski definition) is 1. The van der Waals surface area contributed by atoms with E-state index in [0.717, 1.165) is 11.3 Å². The number of nitro benzene ring substituents is 1. The average Bonchev–Trinajstić information content (AvgIpc) is 2.70. The number of pyridine rings is 1. The van der Waals surface area contributed by atoms with Gasteiger partial charge in [0.15, 0.2) is 17.4 Å². The lowest BCUT2D eigenvalue weighted by Gasteiger charge is -2.17. The van der Waals surface area contributed by atoms with E-state index in [9.17, 15) is 15.2 Å². The van der Waals surface area contributed by atoms with Crippen LogP contribution in [0.5, 0.6) is 0 Å². The molecule has 0 aliphatic rings. The Balaban J connectivity index is 2.06. The molecule has 0 unspecified atom stereocenters. The maximum atomic E-state index is 13.2. The number of rotatable bonds is 5. The molecule has 0 saturated carbocycles. The average molecular weight is 391 g/mol. The summed E-state index contributed by atoms with van der Waals surface area (Å²) in [7, 11) is 0. The van der Waals surface area contributed by atoms with Gasteiger partial charge in [-0.25, -0.2) is 0 Å². The van der Waals surface area contributed by atoms with Crippen molar-refractivity contribution >= 4 is 40.0 Å². The highest BCUT2D eigenvalue weighted by Gasteiger charge is 2.19. The minimum absolute atomic E-state index is 0.0777. The Labute approximate surface area is 167 Å². The fraction of sp³-hybridized carbons (Fsp3) is 0.0476. The Hall–Kier alpha value is -3.58. The van der Waals surface area contributed by atoms with Crippen LogP contribution in [0.1, 0.15) is 11.1 Å². The number of anilines is 1. The van der Waals surface area contributed by atoms with Crippen molar-refractivity contribution in [3.05, 3.63) is 100 Å². The highest BCUT2D eigenvalue weighted by Crippen LogP contribution is 2.21. The van der Waals surface area contributed by atoms with Crippen LogP contribution in [-0.4, -0.2) is 9.91 Å². The number of nitrogens with one attached hydrogen (secondary N) is 1. The first kappa shape index (κ1) is 19.2. The summed E-state index contributed by atoms with van der Waals surface area (Å²) in [5.41, 5.74) is 2.28. The summed E-state index contributed by atoms with van der Waals surface area (Å²) in [6, 6.07) is 18.5. The second-order valence-corrected chi connectivity index (χ2v) is 6.44. The third kappa shape index (κ3) is 4.21. The fourth-order valence-electron chi connectivity index (χ4n) is 2.65. The van der Waals surface area contributed by atoms with E-state index < -0.39 is 4.92 Å². The van der Waals surface area contributed by atoms with Gasteiger partial charge in [-0.05, 0) is 42.0 Å². The Morgan fingerprint density at radius 1 is 1.00 bits per heavy atom. The zero-order valence-electron chi connectivity index (χ0n) is 15.0. The molecule has 6 nitrogen and oxygen atoms in total. The van der Waals surface area contributed by atoms with Crippen molar-refractivity contribution in [2.45, 2.75) is 6.92 Å². The zero-order chi connectivity index (χ0) is 20.1.